The molecule has 0 unspecified atom stereocenters. The van der Waals surface area contributed by atoms with E-state index in [9.17, 15) is 9.59 Å². The van der Waals surface area contributed by atoms with Crippen LogP contribution >= 0.6 is 15.9 Å². The molecule has 8 heteroatoms. The van der Waals surface area contributed by atoms with Gasteiger partial charge in [0.2, 0.25) is 0 Å². The second kappa shape index (κ2) is 11.6. The molecule has 0 aliphatic rings. The molecule has 2 aromatic carbocycles. The van der Waals surface area contributed by atoms with Crippen molar-refractivity contribution >= 4 is 55.8 Å². The highest BCUT2D eigenvalue weighted by atomic mass is 79.9. The van der Waals surface area contributed by atoms with Crippen LogP contribution in [0.25, 0.3) is 22.2 Å². The predicted octanol–water partition coefficient (Wildman–Crippen LogP) is 6.99. The molecule has 0 fully saturated rings. The Morgan fingerprint density at radius 1 is 1.06 bits per heavy atom. The smallest absolute Gasteiger partial charge is 0.344 e. The number of unbranched alkanes of at least 4 members (excludes halogenated alkanes) is 1. The van der Waals surface area contributed by atoms with Crippen LogP contribution in [0.2, 0.25) is 0 Å². The first kappa shape index (κ1) is 25.8. The number of hydrogen-bond donors (Lipinski definition) is 1. The minimum atomic E-state index is -0.531. The second-order valence-electron chi connectivity index (χ2n) is 8.82. The largest absolute Gasteiger partial charge is 0.462 e. The minimum absolute atomic E-state index is 0.208. The fourth-order valence-electron chi connectivity index (χ4n) is 4.39. The molecule has 2 heterocycles. The third-order valence-corrected chi connectivity index (χ3v) is 6.83. The van der Waals surface area contributed by atoms with Crippen molar-refractivity contribution in [1.82, 2.24) is 14.5 Å². The maximum Gasteiger partial charge on any atom is 0.344 e. The molecule has 0 saturated heterocycles. The Kier molecular flexibility index (Phi) is 8.36. The monoisotopic (exact) mass is 550 g/mol. The molecule has 1 N–H and O–H groups in total. The van der Waals surface area contributed by atoms with Crippen molar-refractivity contribution in [1.29, 1.82) is 0 Å². The van der Waals surface area contributed by atoms with E-state index < -0.39 is 5.97 Å². The Morgan fingerprint density at radius 2 is 1.81 bits per heavy atom. The van der Waals surface area contributed by atoms with Gasteiger partial charge in [-0.3, -0.25) is 4.79 Å². The third kappa shape index (κ3) is 5.43. The molecule has 7 nitrogen and oxygen atoms in total. The summed E-state index contributed by atoms with van der Waals surface area (Å²) in [5.74, 6) is -0.127. The number of aromatic nitrogens is 3. The fourth-order valence-corrected chi connectivity index (χ4v) is 4.79. The Bertz CT molecular complexity index is 1400. The molecule has 2 aromatic heterocycles. The number of anilines is 1. The van der Waals surface area contributed by atoms with E-state index in [1.165, 1.54) is 0 Å². The van der Waals surface area contributed by atoms with E-state index in [1.54, 1.807) is 25.1 Å². The zero-order valence-corrected chi connectivity index (χ0v) is 22.5. The molecular weight excluding hydrogens is 520 g/mol. The van der Waals surface area contributed by atoms with E-state index >= 15 is 0 Å². The van der Waals surface area contributed by atoms with Crippen molar-refractivity contribution < 1.29 is 14.3 Å². The highest BCUT2D eigenvalue weighted by Gasteiger charge is 2.29. The van der Waals surface area contributed by atoms with Crippen LogP contribution in [-0.4, -0.2) is 33.0 Å². The minimum Gasteiger partial charge on any atom is -0.462 e. The molecule has 0 aliphatic heterocycles. The lowest BCUT2D eigenvalue weighted by Gasteiger charge is -2.19. The lowest BCUT2D eigenvalue weighted by molar-refractivity contribution is 0.0529. The van der Waals surface area contributed by atoms with Crippen molar-refractivity contribution in [2.75, 3.05) is 11.9 Å². The maximum atomic E-state index is 13.4. The van der Waals surface area contributed by atoms with Gasteiger partial charge in [-0.05, 0) is 49.6 Å². The zero-order valence-electron chi connectivity index (χ0n) is 20.9. The number of benzene rings is 2. The van der Waals surface area contributed by atoms with Gasteiger partial charge in [-0.1, -0.05) is 67.2 Å². The van der Waals surface area contributed by atoms with E-state index in [1.807, 2.05) is 34.9 Å². The SMILES string of the molecule is CCCC[C@@H](CC)Cn1c(NC(=O)c2cccc(Br)c2)c(C(=O)OCC)c2nc3ccccc3nc21. The maximum absolute atomic E-state index is 13.4. The number of carbonyl (C=O) groups is 2. The number of ether oxygens (including phenoxy) is 1. The van der Waals surface area contributed by atoms with Gasteiger partial charge in [0.15, 0.2) is 5.65 Å². The second-order valence-corrected chi connectivity index (χ2v) is 9.74. The Balaban J connectivity index is 1.93. The topological polar surface area (TPSA) is 86.1 Å². The van der Waals surface area contributed by atoms with Crippen molar-refractivity contribution in [3.05, 3.63) is 64.1 Å². The summed E-state index contributed by atoms with van der Waals surface area (Å²) < 4.78 is 8.16. The van der Waals surface area contributed by atoms with Gasteiger partial charge >= 0.3 is 5.97 Å². The number of halogens is 1. The summed E-state index contributed by atoms with van der Waals surface area (Å²) in [4.78, 5) is 36.3. The molecular formula is C28H31BrN4O3. The summed E-state index contributed by atoms with van der Waals surface area (Å²) in [6.07, 6.45) is 4.22. The van der Waals surface area contributed by atoms with Gasteiger partial charge in [0.1, 0.15) is 16.9 Å². The van der Waals surface area contributed by atoms with Crippen LogP contribution in [0.1, 0.15) is 67.2 Å². The highest BCUT2D eigenvalue weighted by molar-refractivity contribution is 9.10. The molecule has 1 amide bonds. The van der Waals surface area contributed by atoms with Crippen LogP contribution in [0, 0.1) is 5.92 Å². The molecule has 1 atom stereocenters. The average molecular weight is 551 g/mol. The number of amides is 1. The highest BCUT2D eigenvalue weighted by Crippen LogP contribution is 2.33. The van der Waals surface area contributed by atoms with Crippen LogP contribution in [0.3, 0.4) is 0 Å². The summed E-state index contributed by atoms with van der Waals surface area (Å²) in [7, 11) is 0. The quantitative estimate of drug-likeness (QED) is 0.215. The molecule has 188 valence electrons. The van der Waals surface area contributed by atoms with Gasteiger partial charge in [0, 0.05) is 16.6 Å². The molecule has 0 bridgehead atoms. The molecule has 36 heavy (non-hydrogen) atoms. The van der Waals surface area contributed by atoms with E-state index in [-0.39, 0.29) is 18.1 Å². The lowest BCUT2D eigenvalue weighted by atomic mass is 9.99. The van der Waals surface area contributed by atoms with Crippen LogP contribution in [-0.2, 0) is 11.3 Å². The summed E-state index contributed by atoms with van der Waals surface area (Å²) in [6.45, 7) is 6.92. The van der Waals surface area contributed by atoms with Crippen molar-refractivity contribution in [2.24, 2.45) is 5.92 Å². The van der Waals surface area contributed by atoms with Crippen molar-refractivity contribution in [2.45, 2.75) is 53.0 Å². The van der Waals surface area contributed by atoms with E-state index in [2.05, 4.69) is 35.1 Å². The first-order chi connectivity index (χ1) is 17.5. The number of para-hydroxylation sites is 2. The van der Waals surface area contributed by atoms with Gasteiger partial charge in [-0.2, -0.15) is 0 Å². The number of hydrogen-bond acceptors (Lipinski definition) is 5. The zero-order chi connectivity index (χ0) is 25.7. The standard InChI is InChI=1S/C28H31BrN4O3/c1-4-7-11-18(5-2)17-33-25(32-27(34)19-12-10-13-20(29)16-19)23(28(35)36-6-3)24-26(33)31-22-15-9-8-14-21(22)30-24/h8-10,12-16,18H,4-7,11,17H2,1-3H3,(H,32,34)/t18-/m1/s1. The lowest BCUT2D eigenvalue weighted by Crippen LogP contribution is -2.20. The average Bonchev–Trinajstić information content (AvgIpc) is 3.16. The third-order valence-electron chi connectivity index (χ3n) is 6.33. The predicted molar refractivity (Wildman–Crippen MR) is 146 cm³/mol. The molecule has 4 rings (SSSR count). The van der Waals surface area contributed by atoms with Crippen LogP contribution < -0.4 is 5.32 Å². The number of carbonyl (C=O) groups excluding carboxylic acids is 2. The summed E-state index contributed by atoms with van der Waals surface area (Å²) in [5, 5.41) is 3.01. The Morgan fingerprint density at radius 3 is 2.47 bits per heavy atom. The summed E-state index contributed by atoms with van der Waals surface area (Å²) in [6, 6.07) is 14.7. The molecule has 0 aliphatic carbocycles. The van der Waals surface area contributed by atoms with Crippen molar-refractivity contribution in [3.8, 4) is 0 Å². The van der Waals surface area contributed by atoms with E-state index in [4.69, 9.17) is 14.7 Å². The van der Waals surface area contributed by atoms with Gasteiger partial charge in [0.05, 0.1) is 17.6 Å². The number of fused-ring (bicyclic) bond motifs is 2. The molecule has 4 aromatic rings. The number of rotatable bonds is 10. The normalized spacial score (nSPS) is 12.1. The van der Waals surface area contributed by atoms with Gasteiger partial charge < -0.3 is 14.6 Å². The fraction of sp³-hybridized carbons (Fsp3) is 0.357. The molecule has 0 spiro atoms. The van der Waals surface area contributed by atoms with Crippen LogP contribution in [0.5, 0.6) is 0 Å². The Hall–Kier alpha value is -3.26. The molecule has 0 radical (unpaired) electrons. The number of nitrogens with one attached hydrogen (secondary N) is 1. The van der Waals surface area contributed by atoms with Gasteiger partial charge in [-0.15, -0.1) is 0 Å². The number of esters is 1. The summed E-state index contributed by atoms with van der Waals surface area (Å²) in [5.41, 5.74) is 3.11. The van der Waals surface area contributed by atoms with Gasteiger partial charge in [0.25, 0.3) is 5.91 Å². The van der Waals surface area contributed by atoms with Gasteiger partial charge in [-0.25, -0.2) is 14.8 Å². The van der Waals surface area contributed by atoms with Crippen molar-refractivity contribution in [3.63, 3.8) is 0 Å². The first-order valence-corrected chi connectivity index (χ1v) is 13.3. The van der Waals surface area contributed by atoms with E-state index in [0.717, 1.165) is 35.7 Å². The Labute approximate surface area is 219 Å². The number of nitrogens with zero attached hydrogens (tertiary/aromatic N) is 3. The van der Waals surface area contributed by atoms with E-state index in [0.29, 0.717) is 40.5 Å². The van der Waals surface area contributed by atoms with Crippen LogP contribution in [0.15, 0.2) is 53.0 Å². The molecule has 0 saturated carbocycles. The van der Waals surface area contributed by atoms with Crippen LogP contribution in [0.4, 0.5) is 5.82 Å². The first-order valence-electron chi connectivity index (χ1n) is 12.5. The summed E-state index contributed by atoms with van der Waals surface area (Å²) >= 11 is 3.43.